The Labute approximate surface area is 254 Å². The van der Waals surface area contributed by atoms with Gasteiger partial charge in [0, 0.05) is 18.1 Å². The normalized spacial score (nSPS) is 13.6. The fourth-order valence-corrected chi connectivity index (χ4v) is 6.01. The molecule has 0 heterocycles. The Bertz CT molecular complexity index is 1450. The fourth-order valence-electron chi connectivity index (χ4n) is 5.53. The molecule has 3 aromatic rings. The van der Waals surface area contributed by atoms with Crippen LogP contribution >= 0.6 is 0 Å². The summed E-state index contributed by atoms with van der Waals surface area (Å²) in [5.74, 6) is -1.02. The second kappa shape index (κ2) is 14.6. The van der Waals surface area contributed by atoms with Gasteiger partial charge in [-0.15, -0.1) is 0 Å². The minimum atomic E-state index is -4.23. The van der Waals surface area contributed by atoms with Crippen molar-refractivity contribution in [3.63, 3.8) is 0 Å². The molecule has 43 heavy (non-hydrogen) atoms. The Morgan fingerprint density at radius 2 is 1.42 bits per heavy atom. The fraction of sp³-hybridized carbons (Fsp3) is 0.394. The van der Waals surface area contributed by atoms with Gasteiger partial charge in [0.15, 0.2) is 0 Å². The summed E-state index contributed by atoms with van der Waals surface area (Å²) < 4.78 is 44.5. The highest BCUT2D eigenvalue weighted by Gasteiger charge is 2.30. The molecule has 4 rings (SSSR count). The van der Waals surface area contributed by atoms with E-state index >= 15 is 0 Å². The minimum Gasteiger partial charge on any atom is -0.748 e. The van der Waals surface area contributed by atoms with E-state index in [0.29, 0.717) is 23.9 Å². The number of carbonyl (C=O) groups excluding carboxylic acids is 2. The molecular weight excluding hydrogens is 568 g/mol. The van der Waals surface area contributed by atoms with E-state index in [-0.39, 0.29) is 31.3 Å². The maximum atomic E-state index is 13.1. The van der Waals surface area contributed by atoms with Gasteiger partial charge >= 0.3 is 12.1 Å². The number of nitrogens with one attached hydrogen (secondary N) is 1. The average molecular weight is 609 g/mol. The van der Waals surface area contributed by atoms with Crippen molar-refractivity contribution in [3.05, 3.63) is 95.6 Å². The van der Waals surface area contributed by atoms with Gasteiger partial charge in [-0.2, -0.15) is 0 Å². The van der Waals surface area contributed by atoms with Crippen LogP contribution in [0.4, 0.5) is 4.79 Å². The van der Waals surface area contributed by atoms with Crippen molar-refractivity contribution in [1.29, 1.82) is 0 Å². The zero-order chi connectivity index (χ0) is 30.9. The summed E-state index contributed by atoms with van der Waals surface area (Å²) >= 11 is 0. The number of quaternary nitrogens is 1. The van der Waals surface area contributed by atoms with Crippen LogP contribution in [-0.2, 0) is 31.0 Å². The monoisotopic (exact) mass is 608 g/mol. The van der Waals surface area contributed by atoms with Crippen molar-refractivity contribution in [1.82, 2.24) is 5.32 Å². The van der Waals surface area contributed by atoms with E-state index in [9.17, 15) is 22.6 Å². The van der Waals surface area contributed by atoms with Crippen molar-refractivity contribution in [2.45, 2.75) is 44.2 Å². The molecule has 0 aromatic heterocycles. The molecule has 0 unspecified atom stereocenters. The van der Waals surface area contributed by atoms with Crippen molar-refractivity contribution >= 4 is 22.2 Å². The molecule has 0 spiro atoms. The number of carbonyl (C=O) groups is 2. The van der Waals surface area contributed by atoms with Crippen molar-refractivity contribution in [2.24, 2.45) is 0 Å². The SMILES string of the molecule is C[N+](C)(CCCC[C@H](NC(=O)OCC1c2ccccc2-c2ccccc21)C(=O)OCc1ccccc1)CCCS(=O)(=O)[O-]. The number of esters is 1. The Balaban J connectivity index is 1.33. The molecule has 1 amide bonds. The lowest BCUT2D eigenvalue weighted by Gasteiger charge is -2.30. The van der Waals surface area contributed by atoms with Crippen molar-refractivity contribution in [2.75, 3.05) is 39.5 Å². The summed E-state index contributed by atoms with van der Waals surface area (Å²) in [7, 11) is -0.292. The van der Waals surface area contributed by atoms with E-state index in [4.69, 9.17) is 9.47 Å². The molecule has 0 saturated heterocycles. The number of hydrogen-bond acceptors (Lipinski definition) is 7. The molecule has 9 nitrogen and oxygen atoms in total. The second-order valence-electron chi connectivity index (χ2n) is 11.6. The summed E-state index contributed by atoms with van der Waals surface area (Å²) in [6, 6.07) is 24.6. The molecule has 230 valence electrons. The molecule has 10 heteroatoms. The second-order valence-corrected chi connectivity index (χ2v) is 13.1. The van der Waals surface area contributed by atoms with Crippen LogP contribution in [0.15, 0.2) is 78.9 Å². The van der Waals surface area contributed by atoms with Gasteiger partial charge in [-0.25, -0.2) is 18.0 Å². The van der Waals surface area contributed by atoms with Gasteiger partial charge in [0.25, 0.3) is 0 Å². The van der Waals surface area contributed by atoms with Crippen LogP contribution in [0.1, 0.15) is 48.3 Å². The number of unbranched alkanes of at least 4 members (excludes halogenated alkanes) is 1. The summed E-state index contributed by atoms with van der Waals surface area (Å²) in [4.78, 5) is 26.1. The number of amides is 1. The largest absolute Gasteiger partial charge is 0.748 e. The van der Waals surface area contributed by atoms with E-state index < -0.39 is 28.2 Å². The number of rotatable bonds is 15. The van der Waals surface area contributed by atoms with Gasteiger partial charge in [-0.05, 0) is 47.1 Å². The molecule has 0 bridgehead atoms. The Hall–Kier alpha value is -3.73. The molecular formula is C33H40N2O7S. The third-order valence-electron chi connectivity index (χ3n) is 7.81. The number of ether oxygens (including phenoxy) is 2. The third kappa shape index (κ3) is 9.64. The summed E-state index contributed by atoms with van der Waals surface area (Å²) in [5, 5.41) is 2.73. The summed E-state index contributed by atoms with van der Waals surface area (Å²) in [6.07, 6.45) is 1.31. The Morgan fingerprint density at radius 3 is 2.05 bits per heavy atom. The third-order valence-corrected chi connectivity index (χ3v) is 8.60. The van der Waals surface area contributed by atoms with Gasteiger partial charge < -0.3 is 23.8 Å². The maximum Gasteiger partial charge on any atom is 0.407 e. The molecule has 1 N–H and O–H groups in total. The van der Waals surface area contributed by atoms with Crippen LogP contribution in [0, 0.1) is 0 Å². The van der Waals surface area contributed by atoms with Crippen LogP contribution in [0.2, 0.25) is 0 Å². The zero-order valence-corrected chi connectivity index (χ0v) is 25.6. The van der Waals surface area contributed by atoms with Crippen molar-refractivity contribution in [3.8, 4) is 11.1 Å². The molecule has 0 aliphatic heterocycles. The molecule has 0 fully saturated rings. The first kappa shape index (κ1) is 32.2. The quantitative estimate of drug-likeness (QED) is 0.114. The molecule has 0 radical (unpaired) electrons. The number of benzene rings is 3. The van der Waals surface area contributed by atoms with Crippen LogP contribution in [-0.4, -0.2) is 75.1 Å². The van der Waals surface area contributed by atoms with Gasteiger partial charge in [-0.3, -0.25) is 0 Å². The Morgan fingerprint density at radius 1 is 0.837 bits per heavy atom. The summed E-state index contributed by atoms with van der Waals surface area (Å²) in [6.45, 7) is 1.49. The van der Waals surface area contributed by atoms with Gasteiger partial charge in [-0.1, -0.05) is 78.9 Å². The highest BCUT2D eigenvalue weighted by molar-refractivity contribution is 7.85. The van der Waals surface area contributed by atoms with E-state index in [2.05, 4.69) is 17.4 Å². The summed E-state index contributed by atoms with van der Waals surface area (Å²) in [5.41, 5.74) is 5.30. The molecule has 1 aliphatic rings. The van der Waals surface area contributed by atoms with E-state index in [1.54, 1.807) is 0 Å². The van der Waals surface area contributed by atoms with Crippen LogP contribution in [0.3, 0.4) is 0 Å². The predicted octanol–water partition coefficient (Wildman–Crippen LogP) is 4.82. The topological polar surface area (TPSA) is 122 Å². The van der Waals surface area contributed by atoms with Crippen LogP contribution in [0.5, 0.6) is 0 Å². The minimum absolute atomic E-state index is 0.0923. The first-order valence-corrected chi connectivity index (χ1v) is 16.2. The first-order chi connectivity index (χ1) is 20.5. The standard InChI is InChI=1S/C33H40N2O7S/c1-35(2,21-12-22-43(38,39)40)20-11-10-19-31(32(36)41-23-25-13-4-3-5-14-25)34-33(37)42-24-30-28-17-8-6-15-26(28)27-16-7-9-18-29(27)30/h3-9,13-18,30-31H,10-12,19-24H2,1-2H3,(H-,34,37,38,39,40)/t31-/m0/s1. The van der Waals surface area contributed by atoms with Gasteiger partial charge in [0.05, 0.1) is 37.3 Å². The van der Waals surface area contributed by atoms with Gasteiger partial charge in [0.1, 0.15) is 19.3 Å². The van der Waals surface area contributed by atoms with Gasteiger partial charge in [0.2, 0.25) is 0 Å². The van der Waals surface area contributed by atoms with E-state index in [1.807, 2.05) is 80.8 Å². The van der Waals surface area contributed by atoms with E-state index in [0.717, 1.165) is 40.8 Å². The smallest absolute Gasteiger partial charge is 0.407 e. The van der Waals surface area contributed by atoms with E-state index in [1.165, 1.54) is 0 Å². The lowest BCUT2D eigenvalue weighted by atomic mass is 9.98. The molecule has 1 aliphatic carbocycles. The maximum absolute atomic E-state index is 13.1. The number of hydrogen-bond donors (Lipinski definition) is 1. The van der Waals surface area contributed by atoms with Crippen molar-refractivity contribution < 1.29 is 36.5 Å². The zero-order valence-electron chi connectivity index (χ0n) is 24.7. The highest BCUT2D eigenvalue weighted by Crippen LogP contribution is 2.44. The average Bonchev–Trinajstić information content (AvgIpc) is 3.29. The molecule has 0 saturated carbocycles. The highest BCUT2D eigenvalue weighted by atomic mass is 32.2. The predicted molar refractivity (Wildman–Crippen MR) is 163 cm³/mol. The number of fused-ring (bicyclic) bond motifs is 3. The van der Waals surface area contributed by atoms with Crippen LogP contribution < -0.4 is 5.32 Å². The Kier molecular flexibility index (Phi) is 11.0. The first-order valence-electron chi connectivity index (χ1n) is 14.6. The number of alkyl carbamates (subject to hydrolysis) is 1. The lowest BCUT2D eigenvalue weighted by molar-refractivity contribution is -0.890. The lowest BCUT2D eigenvalue weighted by Crippen LogP contribution is -2.43. The molecule has 3 aromatic carbocycles. The van der Waals surface area contributed by atoms with Crippen LogP contribution in [0.25, 0.3) is 11.1 Å². The molecule has 1 atom stereocenters. The number of nitrogens with zero attached hydrogens (tertiary/aromatic N) is 1.